The molecular weight excluding hydrogens is 260 g/mol. The quantitative estimate of drug-likeness (QED) is 0.836. The molecule has 3 N–H and O–H groups in total. The van der Waals surface area contributed by atoms with Gasteiger partial charge in [0.05, 0.1) is 0 Å². The van der Waals surface area contributed by atoms with Crippen LogP contribution in [0, 0.1) is 5.92 Å². The van der Waals surface area contributed by atoms with E-state index >= 15 is 0 Å². The number of nitrogens with two attached hydrogens (primary N) is 1. The van der Waals surface area contributed by atoms with Crippen molar-refractivity contribution >= 4 is 22.4 Å². The maximum Gasteiger partial charge on any atom is 0.237 e. The summed E-state index contributed by atoms with van der Waals surface area (Å²) < 4.78 is 12.0. The molecule has 0 aliphatic rings. The van der Waals surface area contributed by atoms with E-state index < -0.39 is 10.8 Å². The molecule has 5 heteroatoms. The second-order valence-corrected chi connectivity index (χ2v) is 6.68. The fourth-order valence-corrected chi connectivity index (χ4v) is 2.77. The molecule has 1 aromatic carbocycles. The summed E-state index contributed by atoms with van der Waals surface area (Å²) in [6, 6.07) is 7.37. The Kier molecular flexibility index (Phi) is 6.18. The predicted octanol–water partition coefficient (Wildman–Crippen LogP) is 1.88. The lowest BCUT2D eigenvalue weighted by atomic mass is 10.2. The van der Waals surface area contributed by atoms with Gasteiger partial charge in [-0.3, -0.25) is 9.00 Å². The Morgan fingerprint density at radius 1 is 1.32 bits per heavy atom. The summed E-state index contributed by atoms with van der Waals surface area (Å²) in [6.07, 6.45) is 0. The molecule has 4 nitrogen and oxygen atoms in total. The van der Waals surface area contributed by atoms with Crippen LogP contribution in [0.25, 0.3) is 0 Å². The van der Waals surface area contributed by atoms with E-state index in [4.69, 9.17) is 5.73 Å². The predicted molar refractivity (Wildman–Crippen MR) is 80.3 cm³/mol. The Bertz CT molecular complexity index is 461. The van der Waals surface area contributed by atoms with Crippen LogP contribution in [0.15, 0.2) is 24.3 Å². The molecule has 0 bridgehead atoms. The van der Waals surface area contributed by atoms with Crippen molar-refractivity contribution in [3.05, 3.63) is 29.8 Å². The van der Waals surface area contributed by atoms with Gasteiger partial charge in [-0.1, -0.05) is 39.0 Å². The van der Waals surface area contributed by atoms with Crippen LogP contribution in [0.3, 0.4) is 0 Å². The van der Waals surface area contributed by atoms with Gasteiger partial charge in [-0.15, -0.1) is 0 Å². The molecular formula is C14H22N2O2S. The molecule has 1 rings (SSSR count). The van der Waals surface area contributed by atoms with Crippen LogP contribution < -0.4 is 11.1 Å². The molecule has 0 spiro atoms. The molecule has 1 amide bonds. The SMILES string of the molecule is CC(C)C(C)S(=O)CC(=O)Nc1ccccc1CN. The summed E-state index contributed by atoms with van der Waals surface area (Å²) >= 11 is 0. The standard InChI is InChI=1S/C14H22N2O2S/c1-10(2)11(3)19(18)9-14(17)16-13-7-5-4-6-12(13)8-15/h4-7,10-11H,8-9,15H2,1-3H3,(H,16,17). The van der Waals surface area contributed by atoms with E-state index in [1.54, 1.807) is 6.07 Å². The zero-order valence-electron chi connectivity index (χ0n) is 11.7. The zero-order valence-corrected chi connectivity index (χ0v) is 12.5. The third-order valence-electron chi connectivity index (χ3n) is 3.14. The number of benzene rings is 1. The maximum atomic E-state index is 12.0. The van der Waals surface area contributed by atoms with Crippen molar-refractivity contribution in [2.24, 2.45) is 11.7 Å². The Balaban J connectivity index is 2.63. The molecule has 0 saturated heterocycles. The Morgan fingerprint density at radius 3 is 2.53 bits per heavy atom. The van der Waals surface area contributed by atoms with E-state index in [1.807, 2.05) is 39.0 Å². The van der Waals surface area contributed by atoms with E-state index in [9.17, 15) is 9.00 Å². The maximum absolute atomic E-state index is 12.0. The number of para-hydroxylation sites is 1. The van der Waals surface area contributed by atoms with Gasteiger partial charge in [0.15, 0.2) is 0 Å². The van der Waals surface area contributed by atoms with Crippen LogP contribution in [-0.2, 0) is 22.1 Å². The fraction of sp³-hybridized carbons (Fsp3) is 0.500. The molecule has 0 saturated carbocycles. The molecule has 0 aliphatic heterocycles. The highest BCUT2D eigenvalue weighted by Gasteiger charge is 2.18. The molecule has 0 fully saturated rings. The lowest BCUT2D eigenvalue weighted by Gasteiger charge is -2.15. The lowest BCUT2D eigenvalue weighted by Crippen LogP contribution is -2.27. The summed E-state index contributed by atoms with van der Waals surface area (Å²) in [4.78, 5) is 11.9. The number of rotatable bonds is 6. The van der Waals surface area contributed by atoms with Crippen LogP contribution in [0.1, 0.15) is 26.3 Å². The highest BCUT2D eigenvalue weighted by molar-refractivity contribution is 7.86. The third kappa shape index (κ3) is 4.76. The first-order valence-electron chi connectivity index (χ1n) is 6.40. The Morgan fingerprint density at radius 2 is 1.95 bits per heavy atom. The number of hydrogen-bond donors (Lipinski definition) is 2. The molecule has 1 aromatic rings. The van der Waals surface area contributed by atoms with Crippen molar-refractivity contribution in [1.82, 2.24) is 0 Å². The van der Waals surface area contributed by atoms with Crippen molar-refractivity contribution in [3.8, 4) is 0 Å². The summed E-state index contributed by atoms with van der Waals surface area (Å²) in [7, 11) is -1.15. The van der Waals surface area contributed by atoms with Gasteiger partial charge >= 0.3 is 0 Å². The van der Waals surface area contributed by atoms with Crippen molar-refractivity contribution < 1.29 is 9.00 Å². The number of carbonyl (C=O) groups excluding carboxylic acids is 1. The Hall–Kier alpha value is -1.20. The van der Waals surface area contributed by atoms with Gasteiger partial charge in [0, 0.05) is 28.3 Å². The van der Waals surface area contributed by atoms with Crippen LogP contribution >= 0.6 is 0 Å². The number of hydrogen-bond acceptors (Lipinski definition) is 3. The summed E-state index contributed by atoms with van der Waals surface area (Å²) in [6.45, 7) is 6.28. The third-order valence-corrected chi connectivity index (χ3v) is 5.06. The van der Waals surface area contributed by atoms with Crippen LogP contribution in [0.2, 0.25) is 0 Å². The van der Waals surface area contributed by atoms with Gasteiger partial charge in [-0.2, -0.15) is 0 Å². The van der Waals surface area contributed by atoms with Gasteiger partial charge in [-0.05, 0) is 17.5 Å². The molecule has 0 aromatic heterocycles. The van der Waals surface area contributed by atoms with Gasteiger partial charge < -0.3 is 11.1 Å². The largest absolute Gasteiger partial charge is 0.326 e. The van der Waals surface area contributed by atoms with Crippen molar-refractivity contribution in [2.45, 2.75) is 32.6 Å². The first kappa shape index (κ1) is 15.9. The monoisotopic (exact) mass is 282 g/mol. The van der Waals surface area contributed by atoms with Crippen molar-refractivity contribution in [2.75, 3.05) is 11.1 Å². The molecule has 0 radical (unpaired) electrons. The molecule has 2 unspecified atom stereocenters. The van der Waals surface area contributed by atoms with Gasteiger partial charge in [-0.25, -0.2) is 0 Å². The number of amides is 1. The Labute approximate surface area is 117 Å². The fourth-order valence-electron chi connectivity index (χ4n) is 1.57. The first-order chi connectivity index (χ1) is 8.95. The van der Waals surface area contributed by atoms with Crippen molar-refractivity contribution in [3.63, 3.8) is 0 Å². The van der Waals surface area contributed by atoms with E-state index in [0.717, 1.165) is 5.56 Å². The average Bonchev–Trinajstić information content (AvgIpc) is 2.38. The average molecular weight is 282 g/mol. The number of nitrogens with one attached hydrogen (secondary N) is 1. The lowest BCUT2D eigenvalue weighted by molar-refractivity contribution is -0.113. The van der Waals surface area contributed by atoms with E-state index in [0.29, 0.717) is 18.2 Å². The van der Waals surface area contributed by atoms with E-state index in [-0.39, 0.29) is 16.9 Å². The number of carbonyl (C=O) groups is 1. The van der Waals surface area contributed by atoms with Gasteiger partial charge in [0.2, 0.25) is 5.91 Å². The normalized spacial score (nSPS) is 14.2. The minimum atomic E-state index is -1.15. The van der Waals surface area contributed by atoms with Crippen LogP contribution in [-0.4, -0.2) is 21.1 Å². The molecule has 0 aliphatic carbocycles. The highest BCUT2D eigenvalue weighted by atomic mass is 32.2. The molecule has 106 valence electrons. The summed E-state index contributed by atoms with van der Waals surface area (Å²) in [5.74, 6) is 0.0924. The molecule has 0 heterocycles. The van der Waals surface area contributed by atoms with E-state index in [1.165, 1.54) is 0 Å². The topological polar surface area (TPSA) is 72.2 Å². The molecule has 2 atom stereocenters. The summed E-state index contributed by atoms with van der Waals surface area (Å²) in [5.41, 5.74) is 7.18. The van der Waals surface area contributed by atoms with Gasteiger partial charge in [0.1, 0.15) is 5.75 Å². The minimum absolute atomic E-state index is 0.00972. The first-order valence-corrected chi connectivity index (χ1v) is 7.79. The zero-order chi connectivity index (χ0) is 14.4. The van der Waals surface area contributed by atoms with Gasteiger partial charge in [0.25, 0.3) is 0 Å². The molecule has 19 heavy (non-hydrogen) atoms. The minimum Gasteiger partial charge on any atom is -0.326 e. The second-order valence-electron chi connectivity index (χ2n) is 4.88. The van der Waals surface area contributed by atoms with E-state index in [2.05, 4.69) is 5.32 Å². The second kappa shape index (κ2) is 7.40. The van der Waals surface area contributed by atoms with Crippen LogP contribution in [0.4, 0.5) is 5.69 Å². The summed E-state index contributed by atoms with van der Waals surface area (Å²) in [5, 5.41) is 2.78. The number of anilines is 1. The van der Waals surface area contributed by atoms with Crippen LogP contribution in [0.5, 0.6) is 0 Å². The smallest absolute Gasteiger partial charge is 0.237 e. The highest BCUT2D eigenvalue weighted by Crippen LogP contribution is 2.14. The van der Waals surface area contributed by atoms with Crippen molar-refractivity contribution in [1.29, 1.82) is 0 Å².